The summed E-state index contributed by atoms with van der Waals surface area (Å²) in [5.74, 6) is -5.99. The molecule has 8 nitrogen and oxygen atoms in total. The maximum absolute atomic E-state index is 14.1. The molecule has 1 radical (unpaired) electrons. The van der Waals surface area contributed by atoms with Crippen molar-refractivity contribution in [3.05, 3.63) is 54.1 Å². The zero-order valence-electron chi connectivity index (χ0n) is 15.7. The highest BCUT2D eigenvalue weighted by molar-refractivity contribution is 6.01. The van der Waals surface area contributed by atoms with Crippen molar-refractivity contribution in [2.75, 3.05) is 0 Å². The summed E-state index contributed by atoms with van der Waals surface area (Å²) in [6, 6.07) is 6.72. The number of nitrogens with one attached hydrogen (secondary N) is 1. The molecule has 0 aliphatic rings. The minimum absolute atomic E-state index is 0.199. The third-order valence-corrected chi connectivity index (χ3v) is 3.91. The van der Waals surface area contributed by atoms with Crippen molar-refractivity contribution in [2.24, 2.45) is 5.73 Å². The molecule has 0 aliphatic carbocycles. The van der Waals surface area contributed by atoms with Gasteiger partial charge in [0, 0.05) is 19.3 Å². The van der Waals surface area contributed by atoms with E-state index in [1.165, 1.54) is 0 Å². The number of aryl methyl sites for hydroxylation is 1. The van der Waals surface area contributed by atoms with Crippen molar-refractivity contribution in [1.29, 1.82) is 0 Å². The molecule has 29 heavy (non-hydrogen) atoms. The third-order valence-electron chi connectivity index (χ3n) is 3.91. The summed E-state index contributed by atoms with van der Waals surface area (Å²) >= 11 is 0. The fraction of sp³-hybridized carbons (Fsp3) is 0.368. The number of ketones is 1. The van der Waals surface area contributed by atoms with Gasteiger partial charge in [0.1, 0.15) is 6.04 Å². The number of nitrogens with zero attached hydrogens (tertiary/aromatic N) is 2. The number of alkyl halides is 2. The molecule has 0 spiro atoms. The van der Waals surface area contributed by atoms with Crippen molar-refractivity contribution < 1.29 is 27.6 Å². The lowest BCUT2D eigenvalue weighted by molar-refractivity contribution is -0.120. The van der Waals surface area contributed by atoms with Gasteiger partial charge in [0.25, 0.3) is 11.8 Å². The normalized spacial score (nSPS) is 12.4. The van der Waals surface area contributed by atoms with Crippen LogP contribution in [0.15, 0.2) is 34.7 Å². The van der Waals surface area contributed by atoms with Gasteiger partial charge in [0.05, 0.1) is 12.8 Å². The Labute approximate surface area is 165 Å². The van der Waals surface area contributed by atoms with Crippen LogP contribution in [-0.2, 0) is 22.4 Å². The van der Waals surface area contributed by atoms with E-state index in [0.717, 1.165) is 6.42 Å². The number of carbonyl (C=O) groups excluding carboxylic acids is 3. The van der Waals surface area contributed by atoms with Crippen molar-refractivity contribution in [3.8, 4) is 0 Å². The van der Waals surface area contributed by atoms with Crippen LogP contribution in [0.2, 0.25) is 0 Å². The number of Topliss-reactive ketones (excluding diaryl/α,β-unsaturated/α-hetero) is 1. The molecule has 2 aromatic rings. The van der Waals surface area contributed by atoms with E-state index in [-0.39, 0.29) is 5.89 Å². The topological polar surface area (TPSA) is 128 Å². The predicted octanol–water partition coefficient (Wildman–Crippen LogP) is 1.65. The van der Waals surface area contributed by atoms with Crippen LogP contribution in [-0.4, -0.2) is 39.8 Å². The second kappa shape index (κ2) is 9.85. The van der Waals surface area contributed by atoms with E-state index in [4.69, 9.17) is 10.2 Å². The molecular weight excluding hydrogens is 386 g/mol. The van der Waals surface area contributed by atoms with Crippen LogP contribution in [0.5, 0.6) is 0 Å². The van der Waals surface area contributed by atoms with Gasteiger partial charge < -0.3 is 15.5 Å². The van der Waals surface area contributed by atoms with Gasteiger partial charge in [-0.2, -0.15) is 0 Å². The first kappa shape index (κ1) is 22.1. The number of aromatic nitrogens is 2. The number of hydrogen-bond donors (Lipinski definition) is 2. The Hall–Kier alpha value is -3.17. The summed E-state index contributed by atoms with van der Waals surface area (Å²) < 4.78 is 33.3. The highest BCUT2D eigenvalue weighted by Gasteiger charge is 2.32. The lowest BCUT2D eigenvalue weighted by Crippen LogP contribution is -2.44. The van der Waals surface area contributed by atoms with E-state index in [2.05, 4.69) is 15.5 Å². The van der Waals surface area contributed by atoms with Crippen LogP contribution in [0.25, 0.3) is 0 Å². The van der Waals surface area contributed by atoms with Gasteiger partial charge in [-0.3, -0.25) is 14.4 Å². The number of nitrogens with two attached hydrogens (primary N) is 1. The molecule has 0 saturated carbocycles. The summed E-state index contributed by atoms with van der Waals surface area (Å²) in [4.78, 5) is 35.7. The van der Waals surface area contributed by atoms with E-state index in [1.807, 2.05) is 0 Å². The second-order valence-corrected chi connectivity index (χ2v) is 6.38. The van der Waals surface area contributed by atoms with E-state index in [0.29, 0.717) is 12.0 Å². The fourth-order valence-electron chi connectivity index (χ4n) is 2.49. The van der Waals surface area contributed by atoms with Gasteiger partial charge >= 0.3 is 0 Å². The van der Waals surface area contributed by atoms with Gasteiger partial charge in [0.2, 0.25) is 23.5 Å². The third kappa shape index (κ3) is 7.05. The van der Waals surface area contributed by atoms with Gasteiger partial charge in [0.15, 0.2) is 0 Å². The van der Waals surface area contributed by atoms with Gasteiger partial charge in [-0.25, -0.2) is 8.78 Å². The Morgan fingerprint density at radius 3 is 2.52 bits per heavy atom. The molecule has 2 rings (SSSR count). The summed E-state index contributed by atoms with van der Waals surface area (Å²) in [5, 5.41) is 9.39. The molecule has 3 N–H and O–H groups in total. The molecule has 1 heterocycles. The van der Waals surface area contributed by atoms with Crippen molar-refractivity contribution in [2.45, 2.75) is 44.6 Å². The van der Waals surface area contributed by atoms with Crippen molar-refractivity contribution in [3.63, 3.8) is 0 Å². The first-order valence-corrected chi connectivity index (χ1v) is 8.90. The van der Waals surface area contributed by atoms with Crippen LogP contribution in [0.4, 0.5) is 8.78 Å². The first-order valence-electron chi connectivity index (χ1n) is 8.90. The van der Waals surface area contributed by atoms with Crippen molar-refractivity contribution in [1.82, 2.24) is 15.5 Å². The number of primary amides is 1. The highest BCUT2D eigenvalue weighted by Crippen LogP contribution is 2.25. The summed E-state index contributed by atoms with van der Waals surface area (Å²) in [7, 11) is 0. The van der Waals surface area contributed by atoms with Crippen LogP contribution in [0.1, 0.15) is 41.9 Å². The average Bonchev–Trinajstić information content (AvgIpc) is 3.15. The Bertz CT molecular complexity index is 855. The standard InChI is InChI=1S/C19H21F2N4O4/c1-2-16-24-25-18(29-16)17(28)13(10-14(22)26)23-15(27)8-9-19(20,21)11-12-6-4-3-5-7-12/h3-8,13H,2,9-11H2,1H3,(H2,22,26)(H,23,27)/t13-/m0/s1. The number of benzene rings is 1. The molecular formula is C19H21F2N4O4. The predicted molar refractivity (Wildman–Crippen MR) is 97.8 cm³/mol. The number of rotatable bonds is 11. The first-order chi connectivity index (χ1) is 13.7. The van der Waals surface area contributed by atoms with Crippen molar-refractivity contribution >= 4 is 17.6 Å². The monoisotopic (exact) mass is 407 g/mol. The number of halogens is 2. The van der Waals surface area contributed by atoms with E-state index < -0.39 is 54.7 Å². The molecule has 0 saturated heterocycles. The molecule has 10 heteroatoms. The van der Waals surface area contributed by atoms with Crippen LogP contribution in [0.3, 0.4) is 0 Å². The maximum Gasteiger partial charge on any atom is 0.286 e. The number of hydrogen-bond acceptors (Lipinski definition) is 6. The molecule has 155 valence electrons. The molecule has 0 fully saturated rings. The zero-order valence-corrected chi connectivity index (χ0v) is 15.7. The molecule has 0 aliphatic heterocycles. The molecule has 0 bridgehead atoms. The van der Waals surface area contributed by atoms with Crippen LogP contribution < -0.4 is 11.1 Å². The van der Waals surface area contributed by atoms with E-state index in [1.54, 1.807) is 37.3 Å². The van der Waals surface area contributed by atoms with Crippen LogP contribution >= 0.6 is 0 Å². The van der Waals surface area contributed by atoms with Gasteiger partial charge in [-0.15, -0.1) is 10.2 Å². The largest absolute Gasteiger partial charge is 0.418 e. The quantitative estimate of drug-likeness (QED) is 0.545. The molecule has 2 amide bonds. The SMILES string of the molecule is CCc1nnc(C(=O)[C@H](CC(N)=O)NC(=O)[CH]CC(F)(F)Cc2ccccc2)o1. The second-order valence-electron chi connectivity index (χ2n) is 6.38. The smallest absolute Gasteiger partial charge is 0.286 e. The molecule has 1 aromatic carbocycles. The Morgan fingerprint density at radius 2 is 1.93 bits per heavy atom. The maximum atomic E-state index is 14.1. The van der Waals surface area contributed by atoms with Gasteiger partial charge in [-0.05, 0) is 5.56 Å². The number of carbonyl (C=O) groups is 3. The Morgan fingerprint density at radius 1 is 1.24 bits per heavy atom. The minimum atomic E-state index is -3.16. The molecule has 1 aromatic heterocycles. The fourth-order valence-corrected chi connectivity index (χ4v) is 2.49. The van der Waals surface area contributed by atoms with Crippen LogP contribution in [0, 0.1) is 6.42 Å². The summed E-state index contributed by atoms with van der Waals surface area (Å²) in [6.07, 6.45) is -0.801. The van der Waals surface area contributed by atoms with Gasteiger partial charge in [-0.1, -0.05) is 37.3 Å². The van der Waals surface area contributed by atoms with E-state index >= 15 is 0 Å². The Kier molecular flexibility index (Phi) is 7.52. The zero-order chi connectivity index (χ0) is 21.4. The summed E-state index contributed by atoms with van der Waals surface area (Å²) in [5.41, 5.74) is 5.53. The molecule has 0 unspecified atom stereocenters. The number of amides is 2. The average molecular weight is 407 g/mol. The lowest BCUT2D eigenvalue weighted by Gasteiger charge is -2.18. The highest BCUT2D eigenvalue weighted by atomic mass is 19.3. The lowest BCUT2D eigenvalue weighted by atomic mass is 10.0. The Balaban J connectivity index is 1.96. The molecule has 1 atom stereocenters. The minimum Gasteiger partial charge on any atom is -0.418 e. The van der Waals surface area contributed by atoms with E-state index in [9.17, 15) is 23.2 Å². The summed E-state index contributed by atoms with van der Waals surface area (Å²) in [6.45, 7) is 1.73.